The fourth-order valence-corrected chi connectivity index (χ4v) is 3.82. The largest absolute Gasteiger partial charge is 0.401 e. The topological polar surface area (TPSA) is 52.1 Å². The average molecular weight is 521 g/mol. The van der Waals surface area contributed by atoms with Gasteiger partial charge >= 0.3 is 6.18 Å². The van der Waals surface area contributed by atoms with E-state index in [1.54, 1.807) is 7.05 Å². The Morgan fingerprint density at radius 3 is 2.29 bits per heavy atom. The van der Waals surface area contributed by atoms with Crippen molar-refractivity contribution < 1.29 is 17.9 Å². The minimum absolute atomic E-state index is 0. The molecule has 0 bridgehead atoms. The maximum absolute atomic E-state index is 12.5. The van der Waals surface area contributed by atoms with Crippen LogP contribution in [0.4, 0.5) is 13.2 Å². The van der Waals surface area contributed by atoms with Crippen LogP contribution in [0.3, 0.4) is 0 Å². The predicted octanol–water partition coefficient (Wildman–Crippen LogP) is 2.29. The van der Waals surface area contributed by atoms with Crippen molar-refractivity contribution in [2.24, 2.45) is 4.99 Å². The molecule has 0 aromatic rings. The molecule has 166 valence electrons. The Morgan fingerprint density at radius 2 is 1.75 bits per heavy atom. The second-order valence-corrected chi connectivity index (χ2v) is 8.38. The van der Waals surface area contributed by atoms with Gasteiger partial charge in [0.15, 0.2) is 5.96 Å². The van der Waals surface area contributed by atoms with Gasteiger partial charge in [-0.15, -0.1) is 24.0 Å². The SMILES string of the molecule is CN=C(NCC(C)(C)N1CC(C)OC(C)C1)NC1CCN(CC(F)(F)F)C1.I. The van der Waals surface area contributed by atoms with Crippen molar-refractivity contribution in [3.05, 3.63) is 0 Å². The summed E-state index contributed by atoms with van der Waals surface area (Å²) in [6.45, 7) is 10.9. The summed E-state index contributed by atoms with van der Waals surface area (Å²) in [7, 11) is 1.68. The van der Waals surface area contributed by atoms with Crippen molar-refractivity contribution >= 4 is 29.9 Å². The fourth-order valence-electron chi connectivity index (χ4n) is 3.82. The third-order valence-corrected chi connectivity index (χ3v) is 5.20. The van der Waals surface area contributed by atoms with E-state index in [0.717, 1.165) is 13.1 Å². The van der Waals surface area contributed by atoms with E-state index >= 15 is 0 Å². The van der Waals surface area contributed by atoms with Crippen molar-refractivity contribution in [1.29, 1.82) is 0 Å². The Hall–Kier alpha value is -0.330. The first-order valence-electron chi connectivity index (χ1n) is 9.65. The monoisotopic (exact) mass is 521 g/mol. The molecule has 0 spiro atoms. The minimum atomic E-state index is -4.15. The zero-order chi connectivity index (χ0) is 20.2. The third-order valence-electron chi connectivity index (χ3n) is 5.20. The molecule has 2 N–H and O–H groups in total. The van der Waals surface area contributed by atoms with Gasteiger partial charge in [-0.3, -0.25) is 14.8 Å². The van der Waals surface area contributed by atoms with Crippen LogP contribution >= 0.6 is 24.0 Å². The van der Waals surface area contributed by atoms with Crippen LogP contribution in [0.1, 0.15) is 34.1 Å². The van der Waals surface area contributed by atoms with Crippen LogP contribution in [0.15, 0.2) is 4.99 Å². The van der Waals surface area contributed by atoms with Crippen molar-refractivity contribution in [3.63, 3.8) is 0 Å². The summed E-state index contributed by atoms with van der Waals surface area (Å²) in [4.78, 5) is 8.09. The molecule has 2 aliphatic heterocycles. The first-order valence-corrected chi connectivity index (χ1v) is 9.65. The molecule has 2 rings (SSSR count). The Labute approximate surface area is 183 Å². The van der Waals surface area contributed by atoms with Crippen LogP contribution < -0.4 is 10.6 Å². The standard InChI is InChI=1S/C18H34F3N5O.HI/c1-13-8-26(9-14(2)27-13)17(3,4)11-23-16(22-5)24-15-6-7-25(10-15)12-18(19,20)21;/h13-15H,6-12H2,1-5H3,(H2,22,23,24);1H. The molecule has 3 atom stereocenters. The van der Waals surface area contributed by atoms with E-state index in [1.165, 1.54) is 4.90 Å². The molecule has 3 unspecified atom stereocenters. The second-order valence-electron chi connectivity index (χ2n) is 8.38. The first-order chi connectivity index (χ1) is 12.5. The van der Waals surface area contributed by atoms with Crippen molar-refractivity contribution in [2.45, 2.75) is 64.1 Å². The molecule has 0 radical (unpaired) electrons. The smallest absolute Gasteiger partial charge is 0.373 e. The van der Waals surface area contributed by atoms with Gasteiger partial charge in [-0.25, -0.2) is 0 Å². The maximum atomic E-state index is 12.5. The van der Waals surface area contributed by atoms with Gasteiger partial charge < -0.3 is 15.4 Å². The predicted molar refractivity (Wildman–Crippen MR) is 116 cm³/mol. The van der Waals surface area contributed by atoms with E-state index < -0.39 is 12.7 Å². The number of halogens is 4. The summed E-state index contributed by atoms with van der Waals surface area (Å²) >= 11 is 0. The summed E-state index contributed by atoms with van der Waals surface area (Å²) in [5, 5.41) is 6.60. The number of hydrogen-bond donors (Lipinski definition) is 2. The molecular formula is C18H35F3IN5O. The molecule has 2 heterocycles. The molecule has 0 amide bonds. The van der Waals surface area contributed by atoms with Crippen LogP contribution in [-0.2, 0) is 4.74 Å². The van der Waals surface area contributed by atoms with Gasteiger partial charge in [-0.2, -0.15) is 13.2 Å². The average Bonchev–Trinajstić information content (AvgIpc) is 2.95. The summed E-state index contributed by atoms with van der Waals surface area (Å²) in [6, 6.07) is -0.0231. The molecule has 0 aromatic carbocycles. The van der Waals surface area contributed by atoms with Crippen LogP contribution in [0, 0.1) is 0 Å². The molecule has 2 saturated heterocycles. The Kier molecular flexibility index (Phi) is 9.75. The van der Waals surface area contributed by atoms with Crippen LogP contribution in [0.25, 0.3) is 0 Å². The van der Waals surface area contributed by atoms with Gasteiger partial charge in [0.25, 0.3) is 0 Å². The number of hydrogen-bond acceptors (Lipinski definition) is 4. The minimum Gasteiger partial charge on any atom is -0.373 e. The quantitative estimate of drug-likeness (QED) is 0.331. The lowest BCUT2D eigenvalue weighted by atomic mass is 10.00. The van der Waals surface area contributed by atoms with Gasteiger partial charge in [0.05, 0.1) is 18.8 Å². The van der Waals surface area contributed by atoms with E-state index in [4.69, 9.17) is 4.74 Å². The normalized spacial score (nSPS) is 28.1. The number of alkyl halides is 3. The van der Waals surface area contributed by atoms with Crippen molar-refractivity contribution in [1.82, 2.24) is 20.4 Å². The van der Waals surface area contributed by atoms with Crippen molar-refractivity contribution in [2.75, 3.05) is 46.3 Å². The van der Waals surface area contributed by atoms with E-state index in [1.807, 2.05) is 0 Å². The number of morpholine rings is 1. The molecular weight excluding hydrogens is 486 g/mol. The number of nitrogens with one attached hydrogen (secondary N) is 2. The van der Waals surface area contributed by atoms with E-state index in [-0.39, 0.29) is 47.8 Å². The number of rotatable bonds is 5. The summed E-state index contributed by atoms with van der Waals surface area (Å²) in [5.41, 5.74) is -0.0953. The highest BCUT2D eigenvalue weighted by Crippen LogP contribution is 2.21. The van der Waals surface area contributed by atoms with Gasteiger partial charge in [0, 0.05) is 51.4 Å². The van der Waals surface area contributed by atoms with Gasteiger partial charge in [0.2, 0.25) is 0 Å². The van der Waals surface area contributed by atoms with Crippen LogP contribution in [-0.4, -0.2) is 92.0 Å². The molecule has 28 heavy (non-hydrogen) atoms. The lowest BCUT2D eigenvalue weighted by Gasteiger charge is -2.45. The van der Waals surface area contributed by atoms with Gasteiger partial charge in [0.1, 0.15) is 0 Å². The lowest BCUT2D eigenvalue weighted by molar-refractivity contribution is -0.143. The Balaban J connectivity index is 0.00000392. The number of likely N-dealkylation sites (tertiary alicyclic amines) is 1. The van der Waals surface area contributed by atoms with E-state index in [2.05, 4.69) is 48.2 Å². The van der Waals surface area contributed by atoms with Crippen molar-refractivity contribution in [3.8, 4) is 0 Å². The third kappa shape index (κ3) is 8.19. The first kappa shape index (κ1) is 25.7. The van der Waals surface area contributed by atoms with Gasteiger partial charge in [-0.05, 0) is 34.1 Å². The highest BCUT2D eigenvalue weighted by molar-refractivity contribution is 14.0. The lowest BCUT2D eigenvalue weighted by Crippen LogP contribution is -2.59. The summed E-state index contributed by atoms with van der Waals surface area (Å²) < 4.78 is 43.4. The van der Waals surface area contributed by atoms with Gasteiger partial charge in [-0.1, -0.05) is 0 Å². The molecule has 2 aliphatic rings. The number of aliphatic imine (C=N–C) groups is 1. The molecule has 0 saturated carbocycles. The molecule has 0 aliphatic carbocycles. The highest BCUT2D eigenvalue weighted by atomic mass is 127. The summed E-state index contributed by atoms with van der Waals surface area (Å²) in [6.07, 6.45) is -3.07. The Bertz CT molecular complexity index is 508. The maximum Gasteiger partial charge on any atom is 0.401 e. The number of guanidine groups is 1. The zero-order valence-electron chi connectivity index (χ0n) is 17.5. The second kappa shape index (κ2) is 10.6. The molecule has 0 aromatic heterocycles. The van der Waals surface area contributed by atoms with Crippen LogP contribution in [0.2, 0.25) is 0 Å². The zero-order valence-corrected chi connectivity index (χ0v) is 19.8. The summed E-state index contributed by atoms with van der Waals surface area (Å²) in [5.74, 6) is 0.635. The Morgan fingerprint density at radius 1 is 1.14 bits per heavy atom. The van der Waals surface area contributed by atoms with E-state index in [9.17, 15) is 13.2 Å². The van der Waals surface area contributed by atoms with Crippen LogP contribution in [0.5, 0.6) is 0 Å². The molecule has 10 heteroatoms. The molecule has 2 fully saturated rings. The fraction of sp³-hybridized carbons (Fsp3) is 0.944. The van der Waals surface area contributed by atoms with E-state index in [0.29, 0.717) is 32.0 Å². The number of ether oxygens (including phenoxy) is 1. The molecule has 6 nitrogen and oxygen atoms in total. The number of nitrogens with zero attached hydrogens (tertiary/aromatic N) is 3. The highest BCUT2D eigenvalue weighted by Gasteiger charge is 2.35.